The molecule has 1 atom stereocenters. The van der Waals surface area contributed by atoms with Crippen LogP contribution < -0.4 is 0 Å². The summed E-state index contributed by atoms with van der Waals surface area (Å²) in [6.45, 7) is 6.73. The van der Waals surface area contributed by atoms with E-state index in [4.69, 9.17) is 0 Å². The molecule has 0 radical (unpaired) electrons. The van der Waals surface area contributed by atoms with Crippen molar-refractivity contribution in [3.05, 3.63) is 17.1 Å². The number of hydrogen-bond donors (Lipinski definition) is 0. The van der Waals surface area contributed by atoms with E-state index in [2.05, 4.69) is 31.2 Å². The van der Waals surface area contributed by atoms with Gasteiger partial charge >= 0.3 is 0 Å². The van der Waals surface area contributed by atoms with Crippen LogP contribution in [0.1, 0.15) is 31.6 Å². The summed E-state index contributed by atoms with van der Waals surface area (Å²) >= 11 is 1.61. The Bertz CT molecular complexity index is 179. The Morgan fingerprint density at radius 2 is 2.10 bits per heavy atom. The second-order valence-corrected chi connectivity index (χ2v) is 3.81. The zero-order valence-corrected chi connectivity index (χ0v) is 7.48. The second kappa shape index (κ2) is 3.15. The Hall–Kier alpha value is -0.370. The maximum Gasteiger partial charge on any atom is 0.0409 e. The molecule has 0 aliphatic heterocycles. The van der Waals surface area contributed by atoms with E-state index in [0.717, 1.165) is 5.92 Å². The maximum atomic E-state index is 4.07. The topological polar surface area (TPSA) is 12.9 Å². The van der Waals surface area contributed by atoms with Crippen LogP contribution in [0.2, 0.25) is 0 Å². The van der Waals surface area contributed by atoms with Gasteiger partial charge in [-0.05, 0) is 29.4 Å². The van der Waals surface area contributed by atoms with Gasteiger partial charge in [0.05, 0.1) is 0 Å². The molecule has 0 spiro atoms. The predicted octanol–water partition coefficient (Wildman–Crippen LogP) is 2.90. The molecule has 0 bridgehead atoms. The van der Waals surface area contributed by atoms with Crippen LogP contribution >= 0.6 is 11.5 Å². The predicted molar refractivity (Wildman–Crippen MR) is 45.4 cm³/mol. The van der Waals surface area contributed by atoms with Crippen LogP contribution in [0.3, 0.4) is 0 Å². The van der Waals surface area contributed by atoms with Crippen molar-refractivity contribution in [2.24, 2.45) is 5.92 Å². The number of rotatable bonds is 2. The molecule has 56 valence electrons. The van der Waals surface area contributed by atoms with Gasteiger partial charge in [-0.2, -0.15) is 0 Å². The van der Waals surface area contributed by atoms with E-state index >= 15 is 0 Å². The minimum absolute atomic E-state index is 0.660. The molecule has 1 unspecified atom stereocenters. The van der Waals surface area contributed by atoms with E-state index in [1.807, 2.05) is 6.20 Å². The Labute approximate surface area is 66.3 Å². The molecule has 0 saturated carbocycles. The molecule has 1 aromatic rings. The second-order valence-electron chi connectivity index (χ2n) is 2.95. The standard InChI is InChI=1S/C8H13NS/c1-6(2)7(3)8-4-5-9-10-8/h4-7H,1-3H3. The normalized spacial score (nSPS) is 14.0. The van der Waals surface area contributed by atoms with Crippen LogP contribution in [0.25, 0.3) is 0 Å². The highest BCUT2D eigenvalue weighted by Gasteiger charge is 2.10. The highest BCUT2D eigenvalue weighted by atomic mass is 32.1. The molecule has 0 N–H and O–H groups in total. The smallest absolute Gasteiger partial charge is 0.0409 e. The average Bonchev–Trinajstić information content (AvgIpc) is 2.36. The lowest BCUT2D eigenvalue weighted by Crippen LogP contribution is -1.98. The fourth-order valence-corrected chi connectivity index (χ4v) is 1.59. The van der Waals surface area contributed by atoms with E-state index in [1.54, 1.807) is 11.5 Å². The first-order valence-corrected chi connectivity index (χ1v) is 4.39. The van der Waals surface area contributed by atoms with E-state index in [9.17, 15) is 0 Å². The highest BCUT2D eigenvalue weighted by Crippen LogP contribution is 2.25. The molecule has 2 heteroatoms. The summed E-state index contributed by atoms with van der Waals surface area (Å²) in [5.74, 6) is 1.38. The minimum atomic E-state index is 0.660. The third-order valence-corrected chi connectivity index (χ3v) is 2.85. The molecule has 0 fully saturated rings. The fraction of sp³-hybridized carbons (Fsp3) is 0.625. The third kappa shape index (κ3) is 1.57. The van der Waals surface area contributed by atoms with Crippen LogP contribution in [0.4, 0.5) is 0 Å². The summed E-state index contributed by atoms with van der Waals surface area (Å²) in [6.07, 6.45) is 1.87. The number of hydrogen-bond acceptors (Lipinski definition) is 2. The molecule has 0 amide bonds. The maximum absolute atomic E-state index is 4.07. The van der Waals surface area contributed by atoms with Crippen molar-refractivity contribution in [3.63, 3.8) is 0 Å². The first-order chi connectivity index (χ1) is 4.72. The fourth-order valence-electron chi connectivity index (χ4n) is 0.789. The Morgan fingerprint density at radius 3 is 2.50 bits per heavy atom. The summed E-state index contributed by atoms with van der Waals surface area (Å²) in [5.41, 5.74) is 0. The molecule has 0 aromatic carbocycles. The molecule has 0 aliphatic rings. The van der Waals surface area contributed by atoms with Crippen LogP contribution in [0.15, 0.2) is 12.3 Å². The molecule has 1 heterocycles. The lowest BCUT2D eigenvalue weighted by molar-refractivity contribution is 0.542. The number of nitrogens with zero attached hydrogens (tertiary/aromatic N) is 1. The van der Waals surface area contributed by atoms with Gasteiger partial charge in [0.25, 0.3) is 0 Å². The Balaban J connectivity index is 2.68. The average molecular weight is 155 g/mol. The first kappa shape index (κ1) is 7.73. The van der Waals surface area contributed by atoms with Crippen molar-refractivity contribution in [3.8, 4) is 0 Å². The van der Waals surface area contributed by atoms with E-state index in [0.29, 0.717) is 5.92 Å². The van der Waals surface area contributed by atoms with Gasteiger partial charge in [-0.3, -0.25) is 0 Å². The molecular weight excluding hydrogens is 142 g/mol. The monoisotopic (exact) mass is 155 g/mol. The summed E-state index contributed by atoms with van der Waals surface area (Å²) in [7, 11) is 0. The van der Waals surface area contributed by atoms with Crippen LogP contribution in [0, 0.1) is 5.92 Å². The van der Waals surface area contributed by atoms with Gasteiger partial charge in [0.2, 0.25) is 0 Å². The Kier molecular flexibility index (Phi) is 2.44. The van der Waals surface area contributed by atoms with Crippen molar-refractivity contribution in [2.45, 2.75) is 26.7 Å². The zero-order chi connectivity index (χ0) is 7.56. The van der Waals surface area contributed by atoms with Gasteiger partial charge in [0, 0.05) is 11.1 Å². The van der Waals surface area contributed by atoms with Gasteiger partial charge in [-0.15, -0.1) is 0 Å². The highest BCUT2D eigenvalue weighted by molar-refractivity contribution is 7.05. The summed E-state index contributed by atoms with van der Waals surface area (Å²) in [5, 5.41) is 0. The van der Waals surface area contributed by atoms with Crippen LogP contribution in [0.5, 0.6) is 0 Å². The largest absolute Gasteiger partial charge is 0.201 e. The van der Waals surface area contributed by atoms with Crippen molar-refractivity contribution in [1.82, 2.24) is 4.37 Å². The summed E-state index contributed by atoms with van der Waals surface area (Å²) in [6, 6.07) is 2.11. The van der Waals surface area contributed by atoms with Gasteiger partial charge in [-0.25, -0.2) is 4.37 Å². The van der Waals surface area contributed by atoms with Crippen molar-refractivity contribution in [2.75, 3.05) is 0 Å². The lowest BCUT2D eigenvalue weighted by Gasteiger charge is -2.11. The van der Waals surface area contributed by atoms with Crippen molar-refractivity contribution in [1.29, 1.82) is 0 Å². The number of aromatic nitrogens is 1. The van der Waals surface area contributed by atoms with Crippen molar-refractivity contribution >= 4 is 11.5 Å². The summed E-state index contributed by atoms with van der Waals surface area (Å²) < 4.78 is 4.07. The third-order valence-electron chi connectivity index (χ3n) is 1.91. The molecular formula is C8H13NS. The van der Waals surface area contributed by atoms with Gasteiger partial charge in [0.1, 0.15) is 0 Å². The molecule has 1 rings (SSSR count). The van der Waals surface area contributed by atoms with Crippen LogP contribution in [-0.2, 0) is 0 Å². The van der Waals surface area contributed by atoms with E-state index in [-0.39, 0.29) is 0 Å². The van der Waals surface area contributed by atoms with Gasteiger partial charge in [-0.1, -0.05) is 20.8 Å². The lowest BCUT2D eigenvalue weighted by atomic mass is 9.97. The molecule has 1 aromatic heterocycles. The van der Waals surface area contributed by atoms with Crippen molar-refractivity contribution < 1.29 is 0 Å². The Morgan fingerprint density at radius 1 is 1.40 bits per heavy atom. The quantitative estimate of drug-likeness (QED) is 0.640. The molecule has 1 nitrogen and oxygen atoms in total. The molecule has 10 heavy (non-hydrogen) atoms. The van der Waals surface area contributed by atoms with Gasteiger partial charge < -0.3 is 0 Å². The molecule has 0 saturated heterocycles. The van der Waals surface area contributed by atoms with Gasteiger partial charge in [0.15, 0.2) is 0 Å². The minimum Gasteiger partial charge on any atom is -0.201 e. The first-order valence-electron chi connectivity index (χ1n) is 3.62. The van der Waals surface area contributed by atoms with Crippen LogP contribution in [-0.4, -0.2) is 4.37 Å². The van der Waals surface area contributed by atoms with E-state index < -0.39 is 0 Å². The summed E-state index contributed by atoms with van der Waals surface area (Å²) in [4.78, 5) is 1.40. The zero-order valence-electron chi connectivity index (χ0n) is 6.66. The van der Waals surface area contributed by atoms with E-state index in [1.165, 1.54) is 4.88 Å². The molecule has 0 aliphatic carbocycles. The SMILES string of the molecule is CC(C)C(C)c1ccns1.